The van der Waals surface area contributed by atoms with Gasteiger partial charge in [-0.25, -0.2) is 4.98 Å². The SMILES string of the molecule is Br.CC(=O)Nc1ccc(-c2csc(NN=Cc3ccncc3)n2)cc1. The molecular weight excluding hydrogens is 402 g/mol. The maximum Gasteiger partial charge on any atom is 0.221 e. The Balaban J connectivity index is 0.00000225. The molecule has 0 radical (unpaired) electrons. The van der Waals surface area contributed by atoms with Crippen molar-refractivity contribution in [3.63, 3.8) is 0 Å². The number of amides is 1. The van der Waals surface area contributed by atoms with Crippen molar-refractivity contribution in [3.05, 3.63) is 59.7 Å². The fourth-order valence-electron chi connectivity index (χ4n) is 2.00. The van der Waals surface area contributed by atoms with E-state index in [0.29, 0.717) is 5.13 Å². The highest BCUT2D eigenvalue weighted by molar-refractivity contribution is 8.93. The minimum atomic E-state index is -0.0880. The molecule has 1 amide bonds. The predicted molar refractivity (Wildman–Crippen MR) is 108 cm³/mol. The number of halogens is 1. The fourth-order valence-corrected chi connectivity index (χ4v) is 2.67. The molecule has 0 aliphatic carbocycles. The van der Waals surface area contributed by atoms with Gasteiger partial charge in [0.2, 0.25) is 11.0 Å². The third-order valence-electron chi connectivity index (χ3n) is 3.09. The lowest BCUT2D eigenvalue weighted by Gasteiger charge is -2.02. The van der Waals surface area contributed by atoms with Crippen LogP contribution in [0.4, 0.5) is 10.8 Å². The number of rotatable bonds is 5. The molecule has 0 bridgehead atoms. The number of hydrogen-bond donors (Lipinski definition) is 2. The Labute approximate surface area is 159 Å². The van der Waals surface area contributed by atoms with E-state index in [2.05, 4.69) is 25.8 Å². The molecule has 0 saturated carbocycles. The van der Waals surface area contributed by atoms with Gasteiger partial charge in [0, 0.05) is 35.9 Å². The second-order valence-electron chi connectivity index (χ2n) is 4.95. The Morgan fingerprint density at radius 1 is 1.16 bits per heavy atom. The van der Waals surface area contributed by atoms with E-state index in [1.54, 1.807) is 18.6 Å². The van der Waals surface area contributed by atoms with Gasteiger partial charge in [0.15, 0.2) is 0 Å². The topological polar surface area (TPSA) is 79.3 Å². The molecule has 2 heterocycles. The first-order valence-electron chi connectivity index (χ1n) is 7.23. The molecule has 8 heteroatoms. The molecule has 0 aliphatic rings. The van der Waals surface area contributed by atoms with Crippen molar-refractivity contribution < 1.29 is 4.79 Å². The lowest BCUT2D eigenvalue weighted by atomic mass is 10.1. The van der Waals surface area contributed by atoms with Crippen LogP contribution in [0, 0.1) is 0 Å². The van der Waals surface area contributed by atoms with Crippen molar-refractivity contribution >= 4 is 51.3 Å². The number of carbonyl (C=O) groups is 1. The summed E-state index contributed by atoms with van der Waals surface area (Å²) >= 11 is 1.48. The molecule has 0 fully saturated rings. The van der Waals surface area contributed by atoms with E-state index in [1.165, 1.54) is 18.3 Å². The van der Waals surface area contributed by atoms with E-state index in [4.69, 9.17) is 0 Å². The van der Waals surface area contributed by atoms with Crippen LogP contribution in [-0.4, -0.2) is 22.1 Å². The van der Waals surface area contributed by atoms with Gasteiger partial charge in [0.25, 0.3) is 0 Å². The van der Waals surface area contributed by atoms with Crippen LogP contribution in [-0.2, 0) is 4.79 Å². The zero-order valence-corrected chi connectivity index (χ0v) is 15.9. The number of hydrazone groups is 1. The van der Waals surface area contributed by atoms with Crippen LogP contribution in [0.15, 0.2) is 59.3 Å². The predicted octanol–water partition coefficient (Wildman–Crippen LogP) is 4.19. The largest absolute Gasteiger partial charge is 0.326 e. The quantitative estimate of drug-likeness (QED) is 0.481. The first kappa shape index (κ1) is 18.8. The summed E-state index contributed by atoms with van der Waals surface area (Å²) in [5.41, 5.74) is 6.48. The van der Waals surface area contributed by atoms with Crippen LogP contribution >= 0.6 is 28.3 Å². The van der Waals surface area contributed by atoms with Gasteiger partial charge in [-0.05, 0) is 29.8 Å². The molecule has 128 valence electrons. The normalized spacial score (nSPS) is 10.3. The van der Waals surface area contributed by atoms with Gasteiger partial charge >= 0.3 is 0 Å². The molecule has 3 rings (SSSR count). The number of aromatic nitrogens is 2. The first-order chi connectivity index (χ1) is 11.7. The van der Waals surface area contributed by atoms with E-state index in [-0.39, 0.29) is 22.9 Å². The molecule has 2 aromatic heterocycles. The number of benzene rings is 1. The Hall–Kier alpha value is -2.58. The van der Waals surface area contributed by atoms with Crippen molar-refractivity contribution in [2.24, 2.45) is 5.10 Å². The second kappa shape index (κ2) is 9.05. The number of nitrogens with zero attached hydrogens (tertiary/aromatic N) is 3. The summed E-state index contributed by atoms with van der Waals surface area (Å²) in [6, 6.07) is 11.3. The number of thiazole rings is 1. The van der Waals surface area contributed by atoms with Crippen LogP contribution in [0.1, 0.15) is 12.5 Å². The molecule has 0 spiro atoms. The molecule has 25 heavy (non-hydrogen) atoms. The van der Waals surface area contributed by atoms with E-state index in [0.717, 1.165) is 22.5 Å². The highest BCUT2D eigenvalue weighted by atomic mass is 79.9. The van der Waals surface area contributed by atoms with Gasteiger partial charge in [0.05, 0.1) is 11.9 Å². The molecule has 0 aliphatic heterocycles. The lowest BCUT2D eigenvalue weighted by molar-refractivity contribution is -0.114. The molecule has 1 aromatic carbocycles. The fraction of sp³-hybridized carbons (Fsp3) is 0.0588. The maximum atomic E-state index is 11.0. The Morgan fingerprint density at radius 2 is 1.88 bits per heavy atom. The monoisotopic (exact) mass is 417 g/mol. The summed E-state index contributed by atoms with van der Waals surface area (Å²) in [6.07, 6.45) is 5.14. The molecule has 0 saturated heterocycles. The van der Waals surface area contributed by atoms with Gasteiger partial charge in [0.1, 0.15) is 0 Å². The van der Waals surface area contributed by atoms with Crippen LogP contribution in [0.25, 0.3) is 11.3 Å². The average molecular weight is 418 g/mol. The van der Waals surface area contributed by atoms with Gasteiger partial charge in [-0.15, -0.1) is 28.3 Å². The molecule has 2 N–H and O–H groups in total. The van der Waals surface area contributed by atoms with Crippen LogP contribution in [0.2, 0.25) is 0 Å². The summed E-state index contributed by atoms with van der Waals surface area (Å²) in [6.45, 7) is 1.48. The van der Waals surface area contributed by atoms with E-state index < -0.39 is 0 Å². The molecule has 0 atom stereocenters. The molecule has 6 nitrogen and oxygen atoms in total. The zero-order chi connectivity index (χ0) is 16.8. The summed E-state index contributed by atoms with van der Waals surface area (Å²) < 4.78 is 0. The zero-order valence-electron chi connectivity index (χ0n) is 13.3. The van der Waals surface area contributed by atoms with Crippen molar-refractivity contribution in [2.45, 2.75) is 6.92 Å². The number of carbonyl (C=O) groups excluding carboxylic acids is 1. The highest BCUT2D eigenvalue weighted by Crippen LogP contribution is 2.26. The smallest absolute Gasteiger partial charge is 0.221 e. The van der Waals surface area contributed by atoms with E-state index in [1.807, 2.05) is 41.8 Å². The third kappa shape index (κ3) is 5.47. The molecule has 3 aromatic rings. The third-order valence-corrected chi connectivity index (χ3v) is 3.83. The Bertz CT molecular complexity index is 849. The van der Waals surface area contributed by atoms with Crippen molar-refractivity contribution in [1.82, 2.24) is 9.97 Å². The average Bonchev–Trinajstić information content (AvgIpc) is 3.05. The number of hydrogen-bond acceptors (Lipinski definition) is 6. The van der Waals surface area contributed by atoms with Gasteiger partial charge < -0.3 is 5.32 Å². The van der Waals surface area contributed by atoms with Gasteiger partial charge in [-0.2, -0.15) is 5.10 Å². The van der Waals surface area contributed by atoms with Crippen molar-refractivity contribution in [3.8, 4) is 11.3 Å². The van der Waals surface area contributed by atoms with Gasteiger partial charge in [-0.1, -0.05) is 12.1 Å². The lowest BCUT2D eigenvalue weighted by Crippen LogP contribution is -2.05. The molecular formula is C17H16BrN5OS. The molecule has 0 unspecified atom stereocenters. The summed E-state index contributed by atoms with van der Waals surface area (Å²) in [7, 11) is 0. The standard InChI is InChI=1S/C17H15N5OS.BrH/c1-12(23)20-15-4-2-14(3-5-15)16-11-24-17(21-16)22-19-10-13-6-8-18-9-7-13;/h2-11H,1H3,(H,20,23)(H,21,22);1H. The second-order valence-corrected chi connectivity index (χ2v) is 5.81. The first-order valence-corrected chi connectivity index (χ1v) is 8.11. The Morgan fingerprint density at radius 3 is 2.56 bits per heavy atom. The minimum absolute atomic E-state index is 0. The van der Waals surface area contributed by atoms with E-state index in [9.17, 15) is 4.79 Å². The van der Waals surface area contributed by atoms with Crippen molar-refractivity contribution in [1.29, 1.82) is 0 Å². The maximum absolute atomic E-state index is 11.0. The number of nitrogens with one attached hydrogen (secondary N) is 2. The van der Waals surface area contributed by atoms with Crippen LogP contribution in [0.5, 0.6) is 0 Å². The number of anilines is 2. The summed E-state index contributed by atoms with van der Waals surface area (Å²) in [4.78, 5) is 19.5. The van der Waals surface area contributed by atoms with Gasteiger partial charge in [-0.3, -0.25) is 15.2 Å². The summed E-state index contributed by atoms with van der Waals surface area (Å²) in [5.74, 6) is -0.0880. The highest BCUT2D eigenvalue weighted by Gasteiger charge is 2.04. The summed E-state index contributed by atoms with van der Waals surface area (Å²) in [5, 5.41) is 9.57. The number of pyridine rings is 1. The minimum Gasteiger partial charge on any atom is -0.326 e. The Kier molecular flexibility index (Phi) is 6.79. The van der Waals surface area contributed by atoms with Crippen LogP contribution < -0.4 is 10.7 Å². The van der Waals surface area contributed by atoms with E-state index >= 15 is 0 Å². The van der Waals surface area contributed by atoms with Crippen molar-refractivity contribution in [2.75, 3.05) is 10.7 Å². The van der Waals surface area contributed by atoms with Crippen LogP contribution in [0.3, 0.4) is 0 Å².